The third kappa shape index (κ3) is 5.21. The summed E-state index contributed by atoms with van der Waals surface area (Å²) in [4.78, 5) is 24.6. The Labute approximate surface area is 210 Å². The van der Waals surface area contributed by atoms with Crippen LogP contribution in [0.4, 0.5) is 5.69 Å². The standard InChI is InChI=1S/C29H25NO5S/c1-21(31)30(36(33,34)26-16-10-5-11-17-26)27-19-18-25(20-28(27)35-22(2)32)29(23-12-6-3-7-13-23)24-14-8-4-9-15-24/h3-20,29H,1-2H3. The number of hydrogen-bond donors (Lipinski definition) is 0. The van der Waals surface area contributed by atoms with Gasteiger partial charge in [0.1, 0.15) is 5.69 Å². The van der Waals surface area contributed by atoms with Crippen molar-refractivity contribution in [2.45, 2.75) is 24.7 Å². The number of carbonyl (C=O) groups excluding carboxylic acids is 2. The molecule has 182 valence electrons. The second-order valence-electron chi connectivity index (χ2n) is 8.18. The summed E-state index contributed by atoms with van der Waals surface area (Å²) < 4.78 is 33.0. The molecule has 0 aliphatic carbocycles. The molecule has 0 aliphatic heterocycles. The maximum atomic E-state index is 13.4. The highest BCUT2D eigenvalue weighted by Crippen LogP contribution is 2.39. The van der Waals surface area contributed by atoms with Gasteiger partial charge in [0.25, 0.3) is 10.0 Å². The number of benzene rings is 4. The normalized spacial score (nSPS) is 11.2. The van der Waals surface area contributed by atoms with Crippen molar-refractivity contribution < 1.29 is 22.7 Å². The molecule has 0 bridgehead atoms. The monoisotopic (exact) mass is 499 g/mol. The van der Waals surface area contributed by atoms with Gasteiger partial charge in [0.15, 0.2) is 5.75 Å². The molecular weight excluding hydrogens is 474 g/mol. The molecule has 4 aromatic rings. The molecule has 1 amide bonds. The lowest BCUT2D eigenvalue weighted by Crippen LogP contribution is -2.35. The predicted octanol–water partition coefficient (Wildman–Crippen LogP) is 5.53. The van der Waals surface area contributed by atoms with Crippen molar-refractivity contribution in [2.24, 2.45) is 0 Å². The Morgan fingerprint density at radius 3 is 1.67 bits per heavy atom. The molecule has 0 fully saturated rings. The van der Waals surface area contributed by atoms with Gasteiger partial charge in [0.2, 0.25) is 5.91 Å². The maximum absolute atomic E-state index is 13.4. The Balaban J connectivity index is 1.90. The lowest BCUT2D eigenvalue weighted by Gasteiger charge is -2.25. The number of rotatable bonds is 7. The Bertz CT molecular complexity index is 1430. The summed E-state index contributed by atoms with van der Waals surface area (Å²) in [5.74, 6) is -1.61. The minimum absolute atomic E-state index is 0.0217. The summed E-state index contributed by atoms with van der Waals surface area (Å²) in [5.41, 5.74) is 2.74. The summed E-state index contributed by atoms with van der Waals surface area (Å²) in [6, 6.07) is 32.2. The van der Waals surface area contributed by atoms with E-state index in [0.717, 1.165) is 23.6 Å². The van der Waals surface area contributed by atoms with Crippen molar-refractivity contribution in [1.29, 1.82) is 0 Å². The fourth-order valence-electron chi connectivity index (χ4n) is 4.15. The van der Waals surface area contributed by atoms with E-state index in [-0.39, 0.29) is 22.3 Å². The highest BCUT2D eigenvalue weighted by molar-refractivity contribution is 7.93. The highest BCUT2D eigenvalue weighted by Gasteiger charge is 2.32. The third-order valence-corrected chi connectivity index (χ3v) is 7.43. The number of amides is 1. The zero-order chi connectivity index (χ0) is 25.7. The molecule has 0 radical (unpaired) electrons. The van der Waals surface area contributed by atoms with Gasteiger partial charge in [0, 0.05) is 19.8 Å². The molecule has 0 N–H and O–H groups in total. The molecule has 4 rings (SSSR count). The summed E-state index contributed by atoms with van der Waals surface area (Å²) in [5, 5.41) is 0. The van der Waals surface area contributed by atoms with Crippen LogP contribution in [0.15, 0.2) is 114 Å². The van der Waals surface area contributed by atoms with E-state index >= 15 is 0 Å². The summed E-state index contributed by atoms with van der Waals surface area (Å²) in [7, 11) is -4.26. The highest BCUT2D eigenvalue weighted by atomic mass is 32.2. The molecule has 0 aromatic heterocycles. The summed E-state index contributed by atoms with van der Waals surface area (Å²) in [6.45, 7) is 2.38. The van der Waals surface area contributed by atoms with Crippen LogP contribution in [0.25, 0.3) is 0 Å². The molecule has 7 heteroatoms. The van der Waals surface area contributed by atoms with E-state index in [9.17, 15) is 18.0 Å². The molecule has 4 aromatic carbocycles. The smallest absolute Gasteiger partial charge is 0.308 e. The lowest BCUT2D eigenvalue weighted by atomic mass is 9.85. The van der Waals surface area contributed by atoms with Gasteiger partial charge in [-0.3, -0.25) is 9.59 Å². The first kappa shape index (κ1) is 24.9. The fraction of sp³-hybridized carbons (Fsp3) is 0.103. The Hall–Kier alpha value is -4.23. The summed E-state index contributed by atoms with van der Waals surface area (Å²) in [6.07, 6.45) is 0. The van der Waals surface area contributed by atoms with Crippen molar-refractivity contribution in [3.8, 4) is 5.75 Å². The quantitative estimate of drug-likeness (QED) is 0.190. The first-order chi connectivity index (χ1) is 17.3. The van der Waals surface area contributed by atoms with Crippen LogP contribution in [0.5, 0.6) is 5.75 Å². The van der Waals surface area contributed by atoms with E-state index in [0.29, 0.717) is 4.31 Å². The first-order valence-electron chi connectivity index (χ1n) is 11.3. The van der Waals surface area contributed by atoms with Gasteiger partial charge in [-0.1, -0.05) is 84.9 Å². The van der Waals surface area contributed by atoms with Crippen molar-refractivity contribution in [1.82, 2.24) is 0 Å². The topological polar surface area (TPSA) is 80.8 Å². The zero-order valence-corrected chi connectivity index (χ0v) is 20.7. The van der Waals surface area contributed by atoms with Crippen molar-refractivity contribution in [3.63, 3.8) is 0 Å². The fourth-order valence-corrected chi connectivity index (χ4v) is 5.61. The minimum atomic E-state index is -4.26. The Morgan fingerprint density at radius 1 is 0.694 bits per heavy atom. The average Bonchev–Trinajstić information content (AvgIpc) is 2.87. The number of hydrogen-bond acceptors (Lipinski definition) is 5. The van der Waals surface area contributed by atoms with Gasteiger partial charge in [0.05, 0.1) is 4.90 Å². The second kappa shape index (κ2) is 10.6. The first-order valence-corrected chi connectivity index (χ1v) is 12.8. The Kier molecular flexibility index (Phi) is 7.31. The summed E-state index contributed by atoms with van der Waals surface area (Å²) >= 11 is 0. The number of esters is 1. The molecule has 0 saturated heterocycles. The van der Waals surface area contributed by atoms with Crippen LogP contribution in [-0.2, 0) is 19.6 Å². The number of sulfonamides is 1. The Morgan fingerprint density at radius 2 is 1.19 bits per heavy atom. The van der Waals surface area contributed by atoms with Crippen molar-refractivity contribution >= 4 is 27.6 Å². The SMILES string of the molecule is CC(=O)Oc1cc(C(c2ccccc2)c2ccccc2)ccc1N(C(C)=O)S(=O)(=O)c1ccccc1. The van der Waals surface area contributed by atoms with Gasteiger partial charge in [-0.05, 0) is 41.0 Å². The number of nitrogens with zero attached hydrogens (tertiary/aromatic N) is 1. The van der Waals surface area contributed by atoms with Crippen molar-refractivity contribution in [2.75, 3.05) is 4.31 Å². The molecule has 0 atom stereocenters. The van der Waals surface area contributed by atoms with Gasteiger partial charge in [-0.15, -0.1) is 0 Å². The number of ether oxygens (including phenoxy) is 1. The van der Waals surface area contributed by atoms with E-state index in [1.807, 2.05) is 60.7 Å². The van der Waals surface area contributed by atoms with Crippen LogP contribution < -0.4 is 9.04 Å². The second-order valence-corrected chi connectivity index (χ2v) is 9.96. The molecule has 0 heterocycles. The van der Waals surface area contributed by atoms with E-state index < -0.39 is 21.9 Å². The third-order valence-electron chi connectivity index (χ3n) is 5.62. The van der Waals surface area contributed by atoms with E-state index in [1.165, 1.54) is 25.1 Å². The molecule has 0 aliphatic rings. The number of carbonyl (C=O) groups is 2. The van der Waals surface area contributed by atoms with Gasteiger partial charge < -0.3 is 4.74 Å². The molecule has 0 spiro atoms. The zero-order valence-electron chi connectivity index (χ0n) is 19.9. The van der Waals surface area contributed by atoms with Crippen LogP contribution in [0, 0.1) is 0 Å². The maximum Gasteiger partial charge on any atom is 0.308 e. The lowest BCUT2D eigenvalue weighted by molar-refractivity contribution is -0.132. The van der Waals surface area contributed by atoms with Crippen LogP contribution in [-0.4, -0.2) is 20.3 Å². The van der Waals surface area contributed by atoms with Crippen molar-refractivity contribution in [3.05, 3.63) is 126 Å². The van der Waals surface area contributed by atoms with Gasteiger partial charge in [-0.2, -0.15) is 4.31 Å². The van der Waals surface area contributed by atoms with E-state index in [1.54, 1.807) is 30.3 Å². The predicted molar refractivity (Wildman–Crippen MR) is 138 cm³/mol. The molecular formula is C29H25NO5S. The molecule has 6 nitrogen and oxygen atoms in total. The average molecular weight is 500 g/mol. The molecule has 0 saturated carbocycles. The van der Waals surface area contributed by atoms with Gasteiger partial charge in [-0.25, -0.2) is 8.42 Å². The van der Waals surface area contributed by atoms with Crippen LogP contribution in [0.3, 0.4) is 0 Å². The molecule has 0 unspecified atom stereocenters. The van der Waals surface area contributed by atoms with Crippen LogP contribution in [0.2, 0.25) is 0 Å². The molecule has 36 heavy (non-hydrogen) atoms. The van der Waals surface area contributed by atoms with Crippen LogP contribution in [0.1, 0.15) is 36.5 Å². The largest absolute Gasteiger partial charge is 0.424 e. The van der Waals surface area contributed by atoms with Crippen LogP contribution >= 0.6 is 0 Å². The van der Waals surface area contributed by atoms with E-state index in [2.05, 4.69) is 0 Å². The van der Waals surface area contributed by atoms with Gasteiger partial charge >= 0.3 is 5.97 Å². The number of anilines is 1. The van der Waals surface area contributed by atoms with E-state index in [4.69, 9.17) is 4.74 Å². The minimum Gasteiger partial charge on any atom is -0.424 e.